The standard InChI is InChI=1S/C16H23ClFNO/c1-19-13(6-7-14-4-2-3-9-20-14)10-12-5-8-15(17)16(18)11-12/h5,8,11,13-14,19H,2-4,6-7,9-10H2,1H3. The van der Waals surface area contributed by atoms with Crippen LogP contribution in [0.5, 0.6) is 0 Å². The molecule has 0 aromatic heterocycles. The third-order valence-electron chi connectivity index (χ3n) is 3.99. The van der Waals surface area contributed by atoms with E-state index in [-0.39, 0.29) is 10.8 Å². The highest BCUT2D eigenvalue weighted by Gasteiger charge is 2.16. The van der Waals surface area contributed by atoms with E-state index in [1.807, 2.05) is 13.1 Å². The second-order valence-corrected chi connectivity index (χ2v) is 5.91. The molecule has 2 nitrogen and oxygen atoms in total. The van der Waals surface area contributed by atoms with Gasteiger partial charge in [0, 0.05) is 12.6 Å². The fraction of sp³-hybridized carbons (Fsp3) is 0.625. The maximum Gasteiger partial charge on any atom is 0.142 e. The topological polar surface area (TPSA) is 21.3 Å². The molecule has 4 heteroatoms. The first-order valence-corrected chi connectivity index (χ1v) is 7.79. The Morgan fingerprint density at radius 3 is 2.95 bits per heavy atom. The molecule has 1 saturated heterocycles. The predicted octanol–water partition coefficient (Wildman–Crippen LogP) is 3.96. The van der Waals surface area contributed by atoms with Gasteiger partial charge in [-0.2, -0.15) is 0 Å². The van der Waals surface area contributed by atoms with Crippen LogP contribution in [-0.2, 0) is 11.2 Å². The van der Waals surface area contributed by atoms with Crippen LogP contribution in [0.3, 0.4) is 0 Å². The van der Waals surface area contributed by atoms with Crippen molar-refractivity contribution in [2.75, 3.05) is 13.7 Å². The summed E-state index contributed by atoms with van der Waals surface area (Å²) < 4.78 is 19.2. The van der Waals surface area contributed by atoms with Crippen LogP contribution in [0.4, 0.5) is 4.39 Å². The van der Waals surface area contributed by atoms with E-state index in [0.29, 0.717) is 12.1 Å². The number of ether oxygens (including phenoxy) is 1. The summed E-state index contributed by atoms with van der Waals surface area (Å²) >= 11 is 5.71. The minimum absolute atomic E-state index is 0.186. The van der Waals surface area contributed by atoms with Crippen molar-refractivity contribution in [3.63, 3.8) is 0 Å². The van der Waals surface area contributed by atoms with Gasteiger partial charge in [-0.15, -0.1) is 0 Å². The van der Waals surface area contributed by atoms with E-state index in [1.54, 1.807) is 6.07 Å². The smallest absolute Gasteiger partial charge is 0.142 e. The molecule has 0 radical (unpaired) electrons. The normalized spacial score (nSPS) is 20.9. The van der Waals surface area contributed by atoms with Gasteiger partial charge >= 0.3 is 0 Å². The van der Waals surface area contributed by atoms with Crippen molar-refractivity contribution < 1.29 is 9.13 Å². The van der Waals surface area contributed by atoms with Crippen molar-refractivity contribution >= 4 is 11.6 Å². The molecule has 0 bridgehead atoms. The Bertz CT molecular complexity index is 421. The van der Waals surface area contributed by atoms with Crippen LogP contribution in [0.15, 0.2) is 18.2 Å². The van der Waals surface area contributed by atoms with E-state index in [9.17, 15) is 4.39 Å². The lowest BCUT2D eigenvalue weighted by molar-refractivity contribution is 0.00870. The van der Waals surface area contributed by atoms with Gasteiger partial charge < -0.3 is 10.1 Å². The maximum atomic E-state index is 13.4. The van der Waals surface area contributed by atoms with Crippen molar-refractivity contribution in [3.8, 4) is 0 Å². The van der Waals surface area contributed by atoms with Crippen molar-refractivity contribution in [3.05, 3.63) is 34.6 Å². The second-order valence-electron chi connectivity index (χ2n) is 5.50. The van der Waals surface area contributed by atoms with E-state index < -0.39 is 0 Å². The SMILES string of the molecule is CNC(CCC1CCCCO1)Cc1ccc(Cl)c(F)c1. The minimum Gasteiger partial charge on any atom is -0.378 e. The van der Waals surface area contributed by atoms with E-state index >= 15 is 0 Å². The summed E-state index contributed by atoms with van der Waals surface area (Å²) in [5, 5.41) is 3.50. The number of hydrogen-bond donors (Lipinski definition) is 1. The molecular weight excluding hydrogens is 277 g/mol. The fourth-order valence-electron chi connectivity index (χ4n) is 2.72. The Kier molecular flexibility index (Phi) is 6.27. The van der Waals surface area contributed by atoms with Gasteiger partial charge in [0.25, 0.3) is 0 Å². The molecule has 1 N–H and O–H groups in total. The van der Waals surface area contributed by atoms with Gasteiger partial charge in [-0.1, -0.05) is 17.7 Å². The van der Waals surface area contributed by atoms with Crippen molar-refractivity contribution in [1.82, 2.24) is 5.32 Å². The summed E-state index contributed by atoms with van der Waals surface area (Å²) in [5.41, 5.74) is 0.982. The highest BCUT2D eigenvalue weighted by atomic mass is 35.5. The molecule has 1 aliphatic rings. The van der Waals surface area contributed by atoms with Crippen LogP contribution in [0.25, 0.3) is 0 Å². The van der Waals surface area contributed by atoms with Crippen molar-refractivity contribution in [2.24, 2.45) is 0 Å². The molecule has 0 amide bonds. The zero-order chi connectivity index (χ0) is 14.4. The van der Waals surface area contributed by atoms with E-state index in [2.05, 4.69) is 5.32 Å². The van der Waals surface area contributed by atoms with Crippen LogP contribution >= 0.6 is 11.6 Å². The van der Waals surface area contributed by atoms with Crippen LogP contribution in [-0.4, -0.2) is 25.8 Å². The third kappa shape index (κ3) is 4.72. The number of benzene rings is 1. The van der Waals surface area contributed by atoms with Gasteiger partial charge in [-0.3, -0.25) is 0 Å². The first-order chi connectivity index (χ1) is 9.69. The second kappa shape index (κ2) is 7.96. The molecule has 2 unspecified atom stereocenters. The molecule has 1 fully saturated rings. The summed E-state index contributed by atoms with van der Waals surface area (Å²) in [6, 6.07) is 5.40. The molecule has 112 valence electrons. The minimum atomic E-state index is -0.338. The van der Waals surface area contributed by atoms with Crippen LogP contribution in [0.1, 0.15) is 37.7 Å². The van der Waals surface area contributed by atoms with E-state index in [1.165, 1.54) is 25.3 Å². The van der Waals surface area contributed by atoms with Crippen LogP contribution < -0.4 is 5.32 Å². The Hall–Kier alpha value is -0.640. The largest absolute Gasteiger partial charge is 0.378 e. The monoisotopic (exact) mass is 299 g/mol. The van der Waals surface area contributed by atoms with Crippen molar-refractivity contribution in [1.29, 1.82) is 0 Å². The molecule has 2 atom stereocenters. The predicted molar refractivity (Wildman–Crippen MR) is 80.8 cm³/mol. The molecule has 2 rings (SSSR count). The van der Waals surface area contributed by atoms with Gasteiger partial charge in [-0.05, 0) is 63.3 Å². The van der Waals surface area contributed by atoms with E-state index in [4.69, 9.17) is 16.3 Å². The average Bonchev–Trinajstić information content (AvgIpc) is 2.48. The van der Waals surface area contributed by atoms with Gasteiger partial charge in [0.2, 0.25) is 0 Å². The third-order valence-corrected chi connectivity index (χ3v) is 4.29. The lowest BCUT2D eigenvalue weighted by atomic mass is 9.97. The van der Waals surface area contributed by atoms with Gasteiger partial charge in [-0.25, -0.2) is 4.39 Å². The first kappa shape index (κ1) is 15.7. The average molecular weight is 300 g/mol. The highest BCUT2D eigenvalue weighted by Crippen LogP contribution is 2.20. The molecule has 20 heavy (non-hydrogen) atoms. The van der Waals surface area contributed by atoms with Crippen LogP contribution in [0.2, 0.25) is 5.02 Å². The molecule has 1 aliphatic heterocycles. The summed E-state index contributed by atoms with van der Waals surface area (Å²) in [5.74, 6) is -0.338. The van der Waals surface area contributed by atoms with Gasteiger partial charge in [0.15, 0.2) is 0 Å². The van der Waals surface area contributed by atoms with Crippen molar-refractivity contribution in [2.45, 2.75) is 50.7 Å². The fourth-order valence-corrected chi connectivity index (χ4v) is 2.84. The summed E-state index contributed by atoms with van der Waals surface area (Å²) in [6.45, 7) is 0.900. The first-order valence-electron chi connectivity index (χ1n) is 7.42. The molecule has 1 aromatic carbocycles. The number of halogens is 2. The summed E-state index contributed by atoms with van der Waals surface area (Å²) in [6.07, 6.45) is 6.98. The Labute approximate surface area is 125 Å². The maximum absolute atomic E-state index is 13.4. The number of rotatable bonds is 6. The summed E-state index contributed by atoms with van der Waals surface area (Å²) in [4.78, 5) is 0. The lowest BCUT2D eigenvalue weighted by Crippen LogP contribution is -2.30. The Morgan fingerprint density at radius 1 is 1.45 bits per heavy atom. The van der Waals surface area contributed by atoms with Gasteiger partial charge in [0.05, 0.1) is 11.1 Å². The number of hydrogen-bond acceptors (Lipinski definition) is 2. The Morgan fingerprint density at radius 2 is 2.30 bits per heavy atom. The molecule has 0 aliphatic carbocycles. The Balaban J connectivity index is 1.83. The van der Waals surface area contributed by atoms with E-state index in [0.717, 1.165) is 31.4 Å². The van der Waals surface area contributed by atoms with Gasteiger partial charge in [0.1, 0.15) is 5.82 Å². The quantitative estimate of drug-likeness (QED) is 0.858. The zero-order valence-electron chi connectivity index (χ0n) is 12.0. The highest BCUT2D eigenvalue weighted by molar-refractivity contribution is 6.30. The molecule has 0 saturated carbocycles. The molecular formula is C16H23ClFNO. The zero-order valence-corrected chi connectivity index (χ0v) is 12.8. The summed E-state index contributed by atoms with van der Waals surface area (Å²) in [7, 11) is 1.96. The molecule has 1 aromatic rings. The number of nitrogens with one attached hydrogen (secondary N) is 1. The van der Waals surface area contributed by atoms with Crippen LogP contribution in [0, 0.1) is 5.82 Å². The lowest BCUT2D eigenvalue weighted by Gasteiger charge is -2.25. The molecule has 0 spiro atoms. The number of likely N-dealkylation sites (N-methyl/N-ethyl adjacent to an activating group) is 1. The molecule has 1 heterocycles.